The van der Waals surface area contributed by atoms with Crippen LogP contribution in [0.4, 0.5) is 5.13 Å². The summed E-state index contributed by atoms with van der Waals surface area (Å²) in [5.41, 5.74) is 15.0. The molecule has 2 atom stereocenters. The van der Waals surface area contributed by atoms with Gasteiger partial charge in [0, 0.05) is 43.0 Å². The molecule has 4 heterocycles. The molecule has 0 bridgehead atoms. The lowest BCUT2D eigenvalue weighted by Gasteiger charge is -2.49. The van der Waals surface area contributed by atoms with Gasteiger partial charge in [-0.05, 0) is 19.4 Å². The summed E-state index contributed by atoms with van der Waals surface area (Å²) < 4.78 is 3.92. The Hall–Kier alpha value is -5.02. The van der Waals surface area contributed by atoms with E-state index >= 15 is 0 Å². The van der Waals surface area contributed by atoms with Crippen LogP contribution in [-0.4, -0.2) is 113 Å². The number of amidine groups is 1. The minimum absolute atomic E-state index is 0.00133. The molecule has 0 saturated carbocycles. The van der Waals surface area contributed by atoms with Crippen molar-refractivity contribution in [2.75, 3.05) is 31.2 Å². The second-order valence-electron chi connectivity index (χ2n) is 10.3. The molecule has 19 nitrogen and oxygen atoms in total. The van der Waals surface area contributed by atoms with E-state index in [0.29, 0.717) is 11.3 Å². The number of hydrogen-bond acceptors (Lipinski definition) is 16. The Labute approximate surface area is 269 Å². The Morgan fingerprint density at radius 3 is 2.63 bits per heavy atom. The zero-order valence-electron chi connectivity index (χ0n) is 24.5. The van der Waals surface area contributed by atoms with Gasteiger partial charge in [-0.3, -0.25) is 19.3 Å². The molecule has 246 valence electrons. The van der Waals surface area contributed by atoms with Gasteiger partial charge in [0.2, 0.25) is 23.0 Å². The molecule has 3 aliphatic heterocycles. The number of nitrogens with zero attached hydrogens (tertiary/aromatic N) is 6. The highest BCUT2D eigenvalue weighted by Gasteiger charge is 2.54. The number of β-lactam (4-membered cyclic amide) rings is 1. The van der Waals surface area contributed by atoms with Gasteiger partial charge in [-0.1, -0.05) is 17.3 Å². The third kappa shape index (κ3) is 7.43. The van der Waals surface area contributed by atoms with E-state index in [1.807, 2.05) is 0 Å². The molecule has 21 heteroatoms. The van der Waals surface area contributed by atoms with Crippen LogP contribution < -0.4 is 27.8 Å². The van der Waals surface area contributed by atoms with Crippen molar-refractivity contribution >= 4 is 69.6 Å². The van der Waals surface area contributed by atoms with Gasteiger partial charge in [0.25, 0.3) is 11.8 Å². The molecule has 1 unspecified atom stereocenters. The Morgan fingerprint density at radius 1 is 1.26 bits per heavy atom. The lowest BCUT2D eigenvalue weighted by molar-refractivity contribution is -0.161. The minimum Gasteiger partial charge on any atom is -0.478 e. The van der Waals surface area contributed by atoms with Gasteiger partial charge >= 0.3 is 11.9 Å². The van der Waals surface area contributed by atoms with Crippen molar-refractivity contribution in [3.63, 3.8) is 0 Å². The minimum atomic E-state index is -1.81. The quantitative estimate of drug-likeness (QED) is 0.0671. The molecule has 0 spiro atoms. The highest BCUT2D eigenvalue weighted by Crippen LogP contribution is 2.40. The molecular formula is C25H31N11O8S2. The molecule has 0 radical (unpaired) electrons. The SMILES string of the molecule is CC(C)(O/N=C(\C(=O)N[C@@H]1C(=O)N2C(C(=O)O)=C(/C=C/CN3C=C(NC(=O)CCN)C(N)=NC3)CSC12)c1nsc(N)n1)C(=O)O. The molecule has 10 N–H and O–H groups in total. The van der Waals surface area contributed by atoms with Gasteiger partial charge in [0.1, 0.15) is 29.6 Å². The maximum Gasteiger partial charge on any atom is 0.352 e. The zero-order valence-corrected chi connectivity index (χ0v) is 26.1. The largest absolute Gasteiger partial charge is 0.478 e. The van der Waals surface area contributed by atoms with E-state index in [9.17, 15) is 34.2 Å². The van der Waals surface area contributed by atoms with Crippen molar-refractivity contribution in [3.8, 4) is 0 Å². The number of nitrogen functional groups attached to an aromatic ring is 1. The van der Waals surface area contributed by atoms with Crippen molar-refractivity contribution in [2.24, 2.45) is 21.6 Å². The first-order valence-corrected chi connectivity index (χ1v) is 15.3. The van der Waals surface area contributed by atoms with Gasteiger partial charge < -0.3 is 47.8 Å². The fourth-order valence-corrected chi connectivity index (χ4v) is 5.87. The van der Waals surface area contributed by atoms with Crippen molar-refractivity contribution in [1.82, 2.24) is 29.8 Å². The Bertz CT molecular complexity index is 1600. The van der Waals surface area contributed by atoms with Crippen LogP contribution in [0.15, 0.2) is 45.5 Å². The van der Waals surface area contributed by atoms with Crippen molar-refractivity contribution < 1.29 is 39.0 Å². The number of thioether (sulfide) groups is 1. The average molecular weight is 678 g/mol. The third-order valence-corrected chi connectivity index (χ3v) is 8.40. The number of hydrogen-bond donors (Lipinski definition) is 7. The van der Waals surface area contributed by atoms with Crippen LogP contribution in [-0.2, 0) is 28.8 Å². The smallest absolute Gasteiger partial charge is 0.352 e. The van der Waals surface area contributed by atoms with Crippen molar-refractivity contribution in [1.29, 1.82) is 0 Å². The molecule has 3 amide bonds. The van der Waals surface area contributed by atoms with E-state index in [1.165, 1.54) is 25.6 Å². The molecule has 1 aromatic heterocycles. The standard InChI is InChI=1S/C25H31N11O8S2/c1-25(2,23(42)43)44-33-14(18-32-24(28)46-34-18)19(38)31-15-20(39)36-16(22(40)41)11(9-45-21(15)36)4-3-7-35-8-12(17(27)29-10-35)30-13(37)5-6-26/h3-4,8,15,21H,5-7,9-10,26H2,1-2H3,(H2,27,29)(H,30,37)(H,31,38)(H,40,41)(H,42,43)(H2,28,32,34)/b4-3+,33-14-/t15-,21?/m1/s1. The zero-order chi connectivity index (χ0) is 33.8. The number of nitrogens with two attached hydrogens (primary N) is 3. The lowest BCUT2D eigenvalue weighted by atomic mass is 10.0. The van der Waals surface area contributed by atoms with Gasteiger partial charge in [-0.15, -0.1) is 11.8 Å². The van der Waals surface area contributed by atoms with E-state index in [2.05, 4.69) is 30.1 Å². The monoisotopic (exact) mass is 677 g/mol. The summed E-state index contributed by atoms with van der Waals surface area (Å²) in [6.07, 6.45) is 5.00. The molecular weight excluding hydrogens is 646 g/mol. The second kappa shape index (κ2) is 14.0. The van der Waals surface area contributed by atoms with Crippen LogP contribution in [0.5, 0.6) is 0 Å². The fraction of sp³-hybridized carbons (Fsp3) is 0.400. The molecule has 3 aliphatic rings. The summed E-state index contributed by atoms with van der Waals surface area (Å²) in [6.45, 7) is 3.08. The molecule has 1 saturated heterocycles. The van der Waals surface area contributed by atoms with E-state index in [-0.39, 0.29) is 60.3 Å². The van der Waals surface area contributed by atoms with Crippen LogP contribution in [0.3, 0.4) is 0 Å². The number of oxime groups is 1. The highest BCUT2D eigenvalue weighted by atomic mass is 32.2. The number of nitrogens with one attached hydrogen (secondary N) is 2. The number of rotatable bonds is 13. The normalized spacial score (nSPS) is 20.1. The summed E-state index contributed by atoms with van der Waals surface area (Å²) in [6, 6.07) is -1.14. The van der Waals surface area contributed by atoms with Crippen molar-refractivity contribution in [3.05, 3.63) is 41.1 Å². The van der Waals surface area contributed by atoms with Crippen LogP contribution in [0.1, 0.15) is 26.1 Å². The first-order valence-electron chi connectivity index (χ1n) is 13.5. The number of carboxylic acid groups (broad SMARTS) is 2. The molecule has 0 aliphatic carbocycles. The maximum absolute atomic E-state index is 13.2. The Morgan fingerprint density at radius 2 is 2.00 bits per heavy atom. The fourth-order valence-electron chi connectivity index (χ4n) is 4.12. The summed E-state index contributed by atoms with van der Waals surface area (Å²) in [5, 5.41) is 27.3. The Balaban J connectivity index is 1.47. The van der Waals surface area contributed by atoms with E-state index < -0.39 is 46.5 Å². The van der Waals surface area contributed by atoms with Crippen LogP contribution in [0, 0.1) is 0 Å². The Kier molecular flexibility index (Phi) is 10.3. The summed E-state index contributed by atoms with van der Waals surface area (Å²) in [4.78, 5) is 77.9. The third-order valence-electron chi connectivity index (χ3n) is 6.55. The van der Waals surface area contributed by atoms with Crippen LogP contribution in [0.2, 0.25) is 0 Å². The molecule has 0 aromatic carbocycles. The number of anilines is 1. The highest BCUT2D eigenvalue weighted by molar-refractivity contribution is 8.00. The number of aromatic nitrogens is 2. The van der Waals surface area contributed by atoms with Crippen LogP contribution in [0.25, 0.3) is 0 Å². The molecule has 1 fully saturated rings. The number of carbonyl (C=O) groups excluding carboxylic acids is 3. The van der Waals surface area contributed by atoms with E-state index in [1.54, 1.807) is 23.3 Å². The molecule has 1 aromatic rings. The number of aliphatic carboxylic acids is 2. The number of allylic oxidation sites excluding steroid dienone is 1. The predicted molar refractivity (Wildman–Crippen MR) is 166 cm³/mol. The number of amides is 3. The molecule has 4 rings (SSSR count). The maximum atomic E-state index is 13.2. The first kappa shape index (κ1) is 33.9. The van der Waals surface area contributed by atoms with E-state index in [0.717, 1.165) is 16.4 Å². The van der Waals surface area contributed by atoms with Gasteiger partial charge in [-0.25, -0.2) is 14.6 Å². The topological polar surface area (TPSA) is 294 Å². The number of carbonyl (C=O) groups is 5. The van der Waals surface area contributed by atoms with E-state index in [4.69, 9.17) is 22.0 Å². The molecule has 46 heavy (non-hydrogen) atoms. The summed E-state index contributed by atoms with van der Waals surface area (Å²) in [7, 11) is 0. The first-order chi connectivity index (χ1) is 21.7. The number of carboxylic acids is 2. The van der Waals surface area contributed by atoms with Gasteiger partial charge in [0.15, 0.2) is 5.13 Å². The van der Waals surface area contributed by atoms with Gasteiger partial charge in [-0.2, -0.15) is 9.36 Å². The van der Waals surface area contributed by atoms with Crippen LogP contribution >= 0.6 is 23.3 Å². The number of fused-ring (bicyclic) bond motifs is 1. The lowest BCUT2D eigenvalue weighted by Crippen LogP contribution is -2.71. The predicted octanol–water partition coefficient (Wildman–Crippen LogP) is -2.06. The number of aliphatic imine (C=N–C) groups is 1. The summed E-state index contributed by atoms with van der Waals surface area (Å²) in [5.74, 6) is -4.54. The summed E-state index contributed by atoms with van der Waals surface area (Å²) >= 11 is 1.98. The van der Waals surface area contributed by atoms with Crippen molar-refractivity contribution in [2.45, 2.75) is 37.3 Å². The van der Waals surface area contributed by atoms with Gasteiger partial charge in [0.05, 0.1) is 5.70 Å². The average Bonchev–Trinajstić information content (AvgIpc) is 3.42. The second-order valence-corrected chi connectivity index (χ2v) is 12.2.